The number of ether oxygens (including phenoxy) is 1. The largest absolute Gasteiger partial charge is 0.507 e. The number of aliphatic hydroxyl groups is 1. The lowest BCUT2D eigenvalue weighted by Crippen LogP contribution is -2.29. The van der Waals surface area contributed by atoms with E-state index in [1.54, 1.807) is 32.9 Å². The van der Waals surface area contributed by atoms with Crippen molar-refractivity contribution < 1.29 is 28.6 Å². The minimum absolute atomic E-state index is 0.0740. The molecule has 0 aliphatic carbocycles. The third kappa shape index (κ3) is 4.86. The van der Waals surface area contributed by atoms with Gasteiger partial charge in [0.25, 0.3) is 5.78 Å². The highest BCUT2D eigenvalue weighted by molar-refractivity contribution is 7.17. The van der Waals surface area contributed by atoms with Crippen LogP contribution in [0.4, 0.5) is 9.52 Å². The van der Waals surface area contributed by atoms with Crippen molar-refractivity contribution in [1.29, 1.82) is 0 Å². The first-order valence-corrected chi connectivity index (χ1v) is 13.0. The Morgan fingerprint density at radius 3 is 2.37 bits per heavy atom. The van der Waals surface area contributed by atoms with Crippen LogP contribution in [0.2, 0.25) is 0 Å². The van der Waals surface area contributed by atoms with Crippen LogP contribution in [0, 0.1) is 19.7 Å². The number of carbonyl (C=O) groups excluding carboxylic acids is 3. The molecular formula is C29H29FN2O5S. The van der Waals surface area contributed by atoms with E-state index in [1.807, 2.05) is 12.1 Å². The molecule has 1 aliphatic rings. The van der Waals surface area contributed by atoms with Crippen LogP contribution in [0.5, 0.6) is 0 Å². The zero-order valence-electron chi connectivity index (χ0n) is 22.1. The minimum Gasteiger partial charge on any atom is -0.507 e. The van der Waals surface area contributed by atoms with Crippen molar-refractivity contribution >= 4 is 39.9 Å². The number of thiazole rings is 1. The maximum Gasteiger partial charge on any atom is 0.350 e. The average molecular weight is 537 g/mol. The third-order valence-electron chi connectivity index (χ3n) is 6.43. The Bertz CT molecular complexity index is 1470. The Morgan fingerprint density at radius 2 is 1.79 bits per heavy atom. The van der Waals surface area contributed by atoms with E-state index in [4.69, 9.17) is 4.74 Å². The van der Waals surface area contributed by atoms with E-state index in [0.29, 0.717) is 16.8 Å². The molecule has 1 aliphatic heterocycles. The predicted molar refractivity (Wildman–Crippen MR) is 144 cm³/mol. The summed E-state index contributed by atoms with van der Waals surface area (Å²) >= 11 is 0.933. The number of hydrogen-bond donors (Lipinski definition) is 1. The number of Topliss-reactive ketones (excluding diaryl/α,β-unsaturated/α-hetero) is 1. The maximum absolute atomic E-state index is 14.4. The van der Waals surface area contributed by atoms with Crippen molar-refractivity contribution in [3.8, 4) is 0 Å². The number of carbonyl (C=O) groups is 3. The van der Waals surface area contributed by atoms with Crippen LogP contribution in [0.15, 0.2) is 48.0 Å². The molecule has 4 rings (SSSR count). The van der Waals surface area contributed by atoms with E-state index < -0.39 is 35.3 Å². The number of aryl methyl sites for hydroxylation is 2. The van der Waals surface area contributed by atoms with Gasteiger partial charge >= 0.3 is 11.9 Å². The monoisotopic (exact) mass is 536 g/mol. The number of esters is 1. The summed E-state index contributed by atoms with van der Waals surface area (Å²) in [6.07, 6.45) is 0. The zero-order valence-corrected chi connectivity index (χ0v) is 22.9. The Morgan fingerprint density at radius 1 is 1.13 bits per heavy atom. The number of ketones is 1. The molecule has 0 spiro atoms. The number of hydrogen-bond acceptors (Lipinski definition) is 7. The second kappa shape index (κ2) is 10.1. The third-order valence-corrected chi connectivity index (χ3v) is 7.57. The zero-order chi connectivity index (χ0) is 27.9. The normalized spacial score (nSPS) is 17.2. The molecule has 1 saturated heterocycles. The second-order valence-corrected chi connectivity index (χ2v) is 11.1. The van der Waals surface area contributed by atoms with Gasteiger partial charge in [-0.3, -0.25) is 14.5 Å². The van der Waals surface area contributed by atoms with Gasteiger partial charge in [0, 0.05) is 5.56 Å². The second-order valence-electron chi connectivity index (χ2n) is 10.1. The standard InChI is InChI=1S/C29H29FN2O5S/c1-7-37-27(36)25-16(3)31-28(38-25)32-22(17-10-12-19(13-11-17)29(4,5)6)21(24(34)26(32)35)23(33)18-9-8-15(2)20(30)14-18/h8-14,22,33H,7H2,1-6H3/t22-/m0/s1. The molecule has 9 heteroatoms. The van der Waals surface area contributed by atoms with E-state index in [1.165, 1.54) is 17.0 Å². The lowest BCUT2D eigenvalue weighted by molar-refractivity contribution is -0.132. The number of aliphatic hydroxyl groups excluding tert-OH is 1. The number of benzene rings is 2. The van der Waals surface area contributed by atoms with Gasteiger partial charge in [-0.1, -0.05) is 68.5 Å². The lowest BCUT2D eigenvalue weighted by Gasteiger charge is -2.24. The SMILES string of the molecule is CCOC(=O)c1sc(N2C(=O)C(=O)C(=C(O)c3ccc(C)c(F)c3)[C@@H]2c2ccc(C(C)(C)C)cc2)nc1C. The number of rotatable bonds is 5. The molecule has 198 valence electrons. The van der Waals surface area contributed by atoms with E-state index in [-0.39, 0.29) is 33.2 Å². The Labute approximate surface area is 224 Å². The van der Waals surface area contributed by atoms with Crippen LogP contribution in [0.25, 0.3) is 5.76 Å². The molecule has 1 fully saturated rings. The summed E-state index contributed by atoms with van der Waals surface area (Å²) in [6, 6.07) is 10.4. The van der Waals surface area contributed by atoms with Gasteiger partial charge in [-0.2, -0.15) is 0 Å². The summed E-state index contributed by atoms with van der Waals surface area (Å²) in [6.45, 7) is 11.2. The number of amides is 1. The topological polar surface area (TPSA) is 96.8 Å². The highest BCUT2D eigenvalue weighted by atomic mass is 32.1. The van der Waals surface area contributed by atoms with E-state index in [2.05, 4.69) is 25.8 Å². The summed E-state index contributed by atoms with van der Waals surface area (Å²) in [7, 11) is 0. The van der Waals surface area contributed by atoms with Gasteiger partial charge in [-0.25, -0.2) is 14.2 Å². The van der Waals surface area contributed by atoms with Crippen LogP contribution in [0.3, 0.4) is 0 Å². The summed E-state index contributed by atoms with van der Waals surface area (Å²) in [5, 5.41) is 11.4. The van der Waals surface area contributed by atoms with Crippen molar-refractivity contribution in [2.75, 3.05) is 11.5 Å². The van der Waals surface area contributed by atoms with Gasteiger partial charge in [0.15, 0.2) is 5.13 Å². The van der Waals surface area contributed by atoms with Gasteiger partial charge < -0.3 is 9.84 Å². The van der Waals surface area contributed by atoms with Gasteiger partial charge in [0.1, 0.15) is 16.5 Å². The molecule has 1 amide bonds. The van der Waals surface area contributed by atoms with E-state index in [9.17, 15) is 23.9 Å². The summed E-state index contributed by atoms with van der Waals surface area (Å²) in [5.74, 6) is -3.46. The summed E-state index contributed by atoms with van der Waals surface area (Å²) < 4.78 is 19.5. The van der Waals surface area contributed by atoms with Crippen LogP contribution < -0.4 is 4.90 Å². The van der Waals surface area contributed by atoms with Crippen LogP contribution in [0.1, 0.15) is 71.4 Å². The van der Waals surface area contributed by atoms with Gasteiger partial charge in [0.05, 0.1) is 23.9 Å². The molecule has 1 N–H and O–H groups in total. The predicted octanol–water partition coefficient (Wildman–Crippen LogP) is 6.00. The molecule has 2 aromatic carbocycles. The number of halogens is 1. The molecule has 3 aromatic rings. The highest BCUT2D eigenvalue weighted by Crippen LogP contribution is 2.44. The average Bonchev–Trinajstić information content (AvgIpc) is 3.37. The van der Waals surface area contributed by atoms with Gasteiger partial charge in [-0.05, 0) is 48.9 Å². The molecule has 7 nitrogen and oxygen atoms in total. The number of aromatic nitrogens is 1. The fourth-order valence-corrected chi connectivity index (χ4v) is 5.26. The fraction of sp³-hybridized carbons (Fsp3) is 0.310. The van der Waals surface area contributed by atoms with Crippen LogP contribution in [-0.4, -0.2) is 34.4 Å². The number of nitrogens with zero attached hydrogens (tertiary/aromatic N) is 2. The Kier molecular flexibility index (Phi) is 7.25. The van der Waals surface area contributed by atoms with Crippen molar-refractivity contribution in [3.05, 3.63) is 86.7 Å². The van der Waals surface area contributed by atoms with Gasteiger partial charge in [-0.15, -0.1) is 0 Å². The van der Waals surface area contributed by atoms with Crippen molar-refractivity contribution in [3.63, 3.8) is 0 Å². The quantitative estimate of drug-likeness (QED) is 0.186. The molecule has 2 heterocycles. The first-order chi connectivity index (χ1) is 17.8. The fourth-order valence-electron chi connectivity index (χ4n) is 4.28. The van der Waals surface area contributed by atoms with E-state index >= 15 is 0 Å². The Balaban J connectivity index is 1.92. The minimum atomic E-state index is -1.05. The Hall–Kier alpha value is -3.85. The highest BCUT2D eigenvalue weighted by Gasteiger charge is 2.48. The summed E-state index contributed by atoms with van der Waals surface area (Å²) in [5.41, 5.74) is 2.07. The molecule has 0 unspecified atom stereocenters. The van der Waals surface area contributed by atoms with E-state index in [0.717, 1.165) is 23.0 Å². The van der Waals surface area contributed by atoms with Crippen LogP contribution >= 0.6 is 11.3 Å². The van der Waals surface area contributed by atoms with Crippen molar-refractivity contribution in [2.24, 2.45) is 0 Å². The summed E-state index contributed by atoms with van der Waals surface area (Å²) in [4.78, 5) is 45.0. The smallest absolute Gasteiger partial charge is 0.350 e. The molecular weight excluding hydrogens is 507 g/mol. The van der Waals surface area contributed by atoms with Crippen molar-refractivity contribution in [2.45, 2.75) is 53.0 Å². The molecule has 1 aromatic heterocycles. The molecule has 1 atom stereocenters. The maximum atomic E-state index is 14.4. The molecule has 38 heavy (non-hydrogen) atoms. The lowest BCUT2D eigenvalue weighted by atomic mass is 9.85. The van der Waals surface area contributed by atoms with Crippen LogP contribution in [-0.2, 0) is 19.7 Å². The first kappa shape index (κ1) is 27.2. The first-order valence-electron chi connectivity index (χ1n) is 12.2. The number of anilines is 1. The molecule has 0 radical (unpaired) electrons. The molecule has 0 bridgehead atoms. The van der Waals surface area contributed by atoms with Gasteiger partial charge in [0.2, 0.25) is 0 Å². The molecule has 0 saturated carbocycles. The van der Waals surface area contributed by atoms with Crippen molar-refractivity contribution in [1.82, 2.24) is 4.98 Å².